The van der Waals surface area contributed by atoms with Crippen molar-refractivity contribution in [1.29, 1.82) is 0 Å². The molecule has 1 N–H and O–H groups in total. The van der Waals surface area contributed by atoms with E-state index in [2.05, 4.69) is 48.1 Å². The molecule has 116 valence electrons. The van der Waals surface area contributed by atoms with Crippen LogP contribution in [0.15, 0.2) is 12.1 Å². The fraction of sp³-hybridized carbons (Fsp3) is 0.706. The number of hydrogen-bond acceptors (Lipinski definition) is 4. The minimum absolute atomic E-state index is 0.596. The van der Waals surface area contributed by atoms with Gasteiger partial charge >= 0.3 is 0 Å². The Hall–Kier alpha value is -1.13. The predicted octanol–water partition coefficient (Wildman–Crippen LogP) is 2.04. The summed E-state index contributed by atoms with van der Waals surface area (Å²) in [6.07, 6.45) is 3.69. The standard InChI is InChI=1S/C17H28N4/c1-4-15-9-14(11-18-16-5-6-16)10-17(19-15)21-8-7-20(3)13(2)12-21/h9-10,13,16,18H,4-8,11-12H2,1-3H3. The third kappa shape index (κ3) is 3.74. The molecule has 2 aliphatic rings. The summed E-state index contributed by atoms with van der Waals surface area (Å²) in [6, 6.07) is 5.90. The van der Waals surface area contributed by atoms with Crippen molar-refractivity contribution in [3.05, 3.63) is 23.4 Å². The zero-order chi connectivity index (χ0) is 14.8. The topological polar surface area (TPSA) is 31.4 Å². The van der Waals surface area contributed by atoms with Gasteiger partial charge in [-0.3, -0.25) is 0 Å². The maximum atomic E-state index is 4.86. The van der Waals surface area contributed by atoms with E-state index in [1.807, 2.05) is 0 Å². The summed E-state index contributed by atoms with van der Waals surface area (Å²) in [5, 5.41) is 3.62. The van der Waals surface area contributed by atoms with E-state index in [1.54, 1.807) is 0 Å². The maximum absolute atomic E-state index is 4.86. The quantitative estimate of drug-likeness (QED) is 0.898. The summed E-state index contributed by atoms with van der Waals surface area (Å²) in [5.41, 5.74) is 2.60. The van der Waals surface area contributed by atoms with E-state index in [9.17, 15) is 0 Å². The molecular weight excluding hydrogens is 260 g/mol. The monoisotopic (exact) mass is 288 g/mol. The van der Waals surface area contributed by atoms with Crippen LogP contribution in [0.1, 0.15) is 37.9 Å². The van der Waals surface area contributed by atoms with E-state index in [4.69, 9.17) is 4.98 Å². The summed E-state index contributed by atoms with van der Waals surface area (Å²) in [6.45, 7) is 8.75. The Morgan fingerprint density at radius 3 is 2.76 bits per heavy atom. The zero-order valence-corrected chi connectivity index (χ0v) is 13.6. The largest absolute Gasteiger partial charge is 0.354 e. The van der Waals surface area contributed by atoms with Gasteiger partial charge in [-0.2, -0.15) is 0 Å². The van der Waals surface area contributed by atoms with Crippen LogP contribution in [0, 0.1) is 0 Å². The highest BCUT2D eigenvalue weighted by molar-refractivity contribution is 5.43. The lowest BCUT2D eigenvalue weighted by molar-refractivity contribution is 0.233. The number of likely N-dealkylation sites (N-methyl/N-ethyl adjacent to an activating group) is 1. The van der Waals surface area contributed by atoms with E-state index in [0.29, 0.717) is 6.04 Å². The maximum Gasteiger partial charge on any atom is 0.129 e. The third-order valence-corrected chi connectivity index (χ3v) is 4.74. The van der Waals surface area contributed by atoms with E-state index in [-0.39, 0.29) is 0 Å². The molecule has 1 aromatic rings. The highest BCUT2D eigenvalue weighted by Gasteiger charge is 2.23. The lowest BCUT2D eigenvalue weighted by Gasteiger charge is -2.38. The van der Waals surface area contributed by atoms with E-state index in [1.165, 1.54) is 29.9 Å². The Balaban J connectivity index is 1.74. The molecule has 3 rings (SSSR count). The molecule has 0 amide bonds. The highest BCUT2D eigenvalue weighted by atomic mass is 15.3. The molecule has 4 nitrogen and oxygen atoms in total. The normalized spacial score (nSPS) is 23.6. The number of anilines is 1. The van der Waals surface area contributed by atoms with Gasteiger partial charge in [-0.15, -0.1) is 0 Å². The number of aryl methyl sites for hydroxylation is 1. The van der Waals surface area contributed by atoms with Crippen LogP contribution < -0.4 is 10.2 Å². The molecule has 2 heterocycles. The van der Waals surface area contributed by atoms with Crippen LogP contribution in [0.2, 0.25) is 0 Å². The number of nitrogens with one attached hydrogen (secondary N) is 1. The van der Waals surface area contributed by atoms with Crippen LogP contribution in [-0.4, -0.2) is 48.6 Å². The van der Waals surface area contributed by atoms with Crippen molar-refractivity contribution in [1.82, 2.24) is 15.2 Å². The van der Waals surface area contributed by atoms with Gasteiger partial charge in [0.25, 0.3) is 0 Å². The second-order valence-corrected chi connectivity index (χ2v) is 6.61. The summed E-state index contributed by atoms with van der Waals surface area (Å²) in [7, 11) is 2.21. The molecule has 1 saturated heterocycles. The lowest BCUT2D eigenvalue weighted by Crippen LogP contribution is -2.50. The van der Waals surface area contributed by atoms with Crippen LogP contribution in [-0.2, 0) is 13.0 Å². The molecule has 1 saturated carbocycles. The summed E-state index contributed by atoms with van der Waals surface area (Å²) >= 11 is 0. The van der Waals surface area contributed by atoms with Gasteiger partial charge in [0.15, 0.2) is 0 Å². The number of hydrogen-bond donors (Lipinski definition) is 1. The Kier molecular flexibility index (Phi) is 4.45. The van der Waals surface area contributed by atoms with Crippen LogP contribution in [0.5, 0.6) is 0 Å². The Morgan fingerprint density at radius 2 is 2.10 bits per heavy atom. The Morgan fingerprint density at radius 1 is 1.29 bits per heavy atom. The zero-order valence-electron chi connectivity index (χ0n) is 13.6. The Labute approximate surface area is 128 Å². The average molecular weight is 288 g/mol. The molecule has 0 spiro atoms. The molecule has 0 bridgehead atoms. The first-order valence-corrected chi connectivity index (χ1v) is 8.34. The molecule has 21 heavy (non-hydrogen) atoms. The third-order valence-electron chi connectivity index (χ3n) is 4.74. The summed E-state index contributed by atoms with van der Waals surface area (Å²) < 4.78 is 0. The molecule has 4 heteroatoms. The fourth-order valence-corrected chi connectivity index (χ4v) is 2.88. The molecule has 1 aliphatic heterocycles. The van der Waals surface area contributed by atoms with E-state index < -0.39 is 0 Å². The van der Waals surface area contributed by atoms with Crippen molar-refractivity contribution in [2.45, 2.75) is 51.7 Å². The minimum atomic E-state index is 0.596. The molecule has 1 aliphatic carbocycles. The van der Waals surface area contributed by atoms with Crippen molar-refractivity contribution in [2.75, 3.05) is 31.6 Å². The number of nitrogens with zero attached hydrogens (tertiary/aromatic N) is 3. The number of piperazine rings is 1. The smallest absolute Gasteiger partial charge is 0.129 e. The van der Waals surface area contributed by atoms with Crippen LogP contribution in [0.4, 0.5) is 5.82 Å². The van der Waals surface area contributed by atoms with Gasteiger partial charge in [-0.05, 0) is 50.9 Å². The van der Waals surface area contributed by atoms with Crippen molar-refractivity contribution in [2.24, 2.45) is 0 Å². The van der Waals surface area contributed by atoms with E-state index >= 15 is 0 Å². The molecule has 1 aromatic heterocycles. The summed E-state index contributed by atoms with van der Waals surface area (Å²) in [4.78, 5) is 9.73. The molecule has 0 aromatic carbocycles. The lowest BCUT2D eigenvalue weighted by atomic mass is 10.1. The van der Waals surface area contributed by atoms with Crippen LogP contribution >= 0.6 is 0 Å². The van der Waals surface area contributed by atoms with Gasteiger partial charge in [-0.1, -0.05) is 6.92 Å². The van der Waals surface area contributed by atoms with Gasteiger partial charge in [0.05, 0.1) is 0 Å². The molecule has 1 atom stereocenters. The van der Waals surface area contributed by atoms with E-state index in [0.717, 1.165) is 38.6 Å². The first-order chi connectivity index (χ1) is 10.2. The van der Waals surface area contributed by atoms with Crippen LogP contribution in [0.25, 0.3) is 0 Å². The molecule has 1 unspecified atom stereocenters. The van der Waals surface area contributed by atoms with Crippen molar-refractivity contribution < 1.29 is 0 Å². The van der Waals surface area contributed by atoms with Crippen molar-refractivity contribution in [3.63, 3.8) is 0 Å². The van der Waals surface area contributed by atoms with Crippen molar-refractivity contribution >= 4 is 5.82 Å². The molecular formula is C17H28N4. The second-order valence-electron chi connectivity index (χ2n) is 6.61. The van der Waals surface area contributed by atoms with Crippen molar-refractivity contribution in [3.8, 4) is 0 Å². The Bertz CT molecular complexity index is 484. The van der Waals surface area contributed by atoms with Gasteiger partial charge < -0.3 is 15.1 Å². The highest BCUT2D eigenvalue weighted by Crippen LogP contribution is 2.22. The summed E-state index contributed by atoms with van der Waals surface area (Å²) in [5.74, 6) is 1.17. The number of rotatable bonds is 5. The fourth-order valence-electron chi connectivity index (χ4n) is 2.88. The van der Waals surface area contributed by atoms with Gasteiger partial charge in [0.1, 0.15) is 5.82 Å². The van der Waals surface area contributed by atoms with Crippen LogP contribution in [0.3, 0.4) is 0 Å². The second kappa shape index (κ2) is 6.32. The number of pyridine rings is 1. The average Bonchev–Trinajstić information content (AvgIpc) is 3.32. The molecule has 2 fully saturated rings. The minimum Gasteiger partial charge on any atom is -0.354 e. The van der Waals surface area contributed by atoms with Gasteiger partial charge in [-0.25, -0.2) is 4.98 Å². The SMILES string of the molecule is CCc1cc(CNC2CC2)cc(N2CCN(C)C(C)C2)n1. The van der Waals surface area contributed by atoms with Gasteiger partial charge in [0.2, 0.25) is 0 Å². The molecule has 0 radical (unpaired) electrons. The first-order valence-electron chi connectivity index (χ1n) is 8.34. The predicted molar refractivity (Wildman–Crippen MR) is 87.8 cm³/mol. The first kappa shape index (κ1) is 14.8. The van der Waals surface area contributed by atoms with Gasteiger partial charge in [0, 0.05) is 44.0 Å². The number of aromatic nitrogens is 1.